The van der Waals surface area contributed by atoms with Gasteiger partial charge in [0.2, 0.25) is 0 Å². The van der Waals surface area contributed by atoms with E-state index >= 15 is 0 Å². The van der Waals surface area contributed by atoms with Crippen LogP contribution in [0.1, 0.15) is 23.9 Å². The number of imidazole rings is 1. The average molecular weight is 488 g/mol. The van der Waals surface area contributed by atoms with Crippen molar-refractivity contribution in [2.45, 2.75) is 24.9 Å². The topological polar surface area (TPSA) is 101 Å². The Morgan fingerprint density at radius 3 is 2.59 bits per heavy atom. The summed E-state index contributed by atoms with van der Waals surface area (Å²) in [5.41, 5.74) is 0.327. The number of alkyl halides is 3. The number of allylic oxidation sites excluding steroid dienone is 1. The molecule has 0 unspecified atom stereocenters. The number of nitrogens with zero attached hydrogens (tertiary/aromatic N) is 5. The van der Waals surface area contributed by atoms with E-state index in [4.69, 9.17) is 0 Å². The van der Waals surface area contributed by atoms with Gasteiger partial charge in [0, 0.05) is 30.1 Å². The first-order valence-corrected chi connectivity index (χ1v) is 11.6. The first-order chi connectivity index (χ1) is 15.9. The Labute approximate surface area is 194 Å². The first kappa shape index (κ1) is 24.9. The second-order valence-electron chi connectivity index (χ2n) is 7.28. The van der Waals surface area contributed by atoms with Gasteiger partial charge in [-0.3, -0.25) is 9.98 Å². The van der Waals surface area contributed by atoms with Gasteiger partial charge in [0.15, 0.2) is 15.7 Å². The molecule has 0 N–H and O–H groups in total. The summed E-state index contributed by atoms with van der Waals surface area (Å²) in [6.07, 6.45) is -2.57. The van der Waals surface area contributed by atoms with Crippen molar-refractivity contribution in [1.82, 2.24) is 14.5 Å². The van der Waals surface area contributed by atoms with E-state index in [0.29, 0.717) is 22.4 Å². The number of benzene rings is 1. The number of aliphatic imine (C=N–C) groups is 1. The fourth-order valence-electron chi connectivity index (χ4n) is 3.28. The second kappa shape index (κ2) is 9.23. The molecule has 0 atom stereocenters. The molecule has 0 spiro atoms. The highest BCUT2D eigenvalue weighted by molar-refractivity contribution is 7.91. The maximum absolute atomic E-state index is 13.2. The van der Waals surface area contributed by atoms with Gasteiger partial charge < -0.3 is 4.57 Å². The number of halogens is 3. The van der Waals surface area contributed by atoms with Crippen molar-refractivity contribution in [2.75, 3.05) is 5.75 Å². The Kier molecular flexibility index (Phi) is 6.74. The highest BCUT2D eigenvalue weighted by Crippen LogP contribution is 2.33. The average Bonchev–Trinajstić information content (AvgIpc) is 3.09. The number of nitriles is 1. The minimum atomic E-state index is -4.73. The maximum atomic E-state index is 13.2. The molecule has 3 aromatic rings. The van der Waals surface area contributed by atoms with Gasteiger partial charge >= 0.3 is 6.18 Å². The highest BCUT2D eigenvalue weighted by atomic mass is 32.2. The third-order valence-corrected chi connectivity index (χ3v) is 7.03. The van der Waals surface area contributed by atoms with Gasteiger partial charge in [0.25, 0.3) is 0 Å². The molecule has 0 aliphatic heterocycles. The summed E-state index contributed by atoms with van der Waals surface area (Å²) in [5, 5.41) is 9.41. The van der Waals surface area contributed by atoms with Crippen LogP contribution in [0.2, 0.25) is 0 Å². The quantitative estimate of drug-likeness (QED) is 0.468. The molecule has 34 heavy (non-hydrogen) atoms. The summed E-state index contributed by atoms with van der Waals surface area (Å²) in [6, 6.07) is 10.1. The third-order valence-electron chi connectivity index (χ3n) is 5.29. The Hall–Kier alpha value is -3.78. The molecule has 2 heterocycles. The summed E-state index contributed by atoms with van der Waals surface area (Å²) < 4.78 is 66.8. The fourth-order valence-corrected chi connectivity index (χ4v) is 4.34. The molecular weight excluding hydrogens is 467 g/mol. The first-order valence-electron chi connectivity index (χ1n) is 9.96. The molecule has 0 radical (unpaired) electrons. The van der Waals surface area contributed by atoms with Crippen molar-refractivity contribution in [2.24, 2.45) is 12.0 Å². The molecule has 7 nitrogen and oxygen atoms in total. The van der Waals surface area contributed by atoms with Crippen LogP contribution in [0.5, 0.6) is 0 Å². The zero-order valence-corrected chi connectivity index (χ0v) is 19.4. The monoisotopic (exact) mass is 487 g/mol. The van der Waals surface area contributed by atoms with E-state index < -0.39 is 21.7 Å². The Morgan fingerprint density at radius 1 is 1.32 bits per heavy atom. The predicted molar refractivity (Wildman–Crippen MR) is 123 cm³/mol. The van der Waals surface area contributed by atoms with Gasteiger partial charge in [0.05, 0.1) is 28.0 Å². The summed E-state index contributed by atoms with van der Waals surface area (Å²) in [4.78, 5) is 11.5. The smallest absolute Gasteiger partial charge is 0.329 e. The van der Waals surface area contributed by atoms with Crippen molar-refractivity contribution in [1.29, 1.82) is 5.26 Å². The lowest BCUT2D eigenvalue weighted by Gasteiger charge is -2.12. The molecule has 0 saturated heterocycles. The number of rotatable bonds is 6. The van der Waals surface area contributed by atoms with Crippen LogP contribution in [0.15, 0.2) is 52.1 Å². The summed E-state index contributed by atoms with van der Waals surface area (Å²) in [6.45, 7) is 5.98. The molecule has 0 aliphatic rings. The van der Waals surface area contributed by atoms with Crippen LogP contribution in [-0.4, -0.2) is 41.6 Å². The standard InChI is InChI=1S/C23H20F3N5O2S/c1-5-34(32,33)19-10-16(17-9-7-6-8-15(17)12-27)13-29-21(19)22-30-18(14(2)31(22)4)11-20(28-3)23(24,25)26/h6-11,13H,3,5H2,1-2,4H3/b20-11-. The van der Waals surface area contributed by atoms with Crippen LogP contribution in [0, 0.1) is 18.3 Å². The number of pyridine rings is 1. The normalized spacial score (nSPS) is 12.4. The van der Waals surface area contributed by atoms with Crippen LogP contribution in [0.4, 0.5) is 13.2 Å². The SMILES string of the molecule is C=N/C(=C\c1nc(-c2ncc(-c3ccccc3C#N)cc2S(=O)(=O)CC)n(C)c1C)C(F)(F)F. The van der Waals surface area contributed by atoms with E-state index in [1.807, 2.05) is 0 Å². The highest BCUT2D eigenvalue weighted by Gasteiger charge is 2.34. The van der Waals surface area contributed by atoms with E-state index in [9.17, 15) is 26.9 Å². The van der Waals surface area contributed by atoms with Crippen molar-refractivity contribution >= 4 is 22.6 Å². The van der Waals surface area contributed by atoms with Gasteiger partial charge in [-0.2, -0.15) is 18.4 Å². The molecule has 0 saturated carbocycles. The Balaban J connectivity index is 2.28. The van der Waals surface area contributed by atoms with Crippen LogP contribution >= 0.6 is 0 Å². The zero-order chi connectivity index (χ0) is 25.3. The molecule has 0 amide bonds. The molecule has 0 bridgehead atoms. The van der Waals surface area contributed by atoms with Crippen molar-refractivity contribution in [3.05, 3.63) is 59.2 Å². The molecular formula is C23H20F3N5O2S. The Bertz CT molecular complexity index is 1450. The maximum Gasteiger partial charge on any atom is 0.433 e. The van der Waals surface area contributed by atoms with E-state index in [0.717, 1.165) is 6.08 Å². The van der Waals surface area contributed by atoms with Crippen LogP contribution in [-0.2, 0) is 16.9 Å². The van der Waals surface area contributed by atoms with Gasteiger partial charge in [-0.25, -0.2) is 13.4 Å². The van der Waals surface area contributed by atoms with E-state index in [-0.39, 0.29) is 27.9 Å². The molecule has 0 fully saturated rings. The van der Waals surface area contributed by atoms with Crippen molar-refractivity contribution < 1.29 is 21.6 Å². The molecule has 2 aromatic heterocycles. The number of hydrogen-bond acceptors (Lipinski definition) is 6. The summed E-state index contributed by atoms with van der Waals surface area (Å²) >= 11 is 0. The molecule has 0 aliphatic carbocycles. The van der Waals surface area contributed by atoms with E-state index in [2.05, 4.69) is 27.7 Å². The summed E-state index contributed by atoms with van der Waals surface area (Å²) in [5.74, 6) is -0.165. The molecule has 176 valence electrons. The lowest BCUT2D eigenvalue weighted by Crippen LogP contribution is -2.09. The predicted octanol–water partition coefficient (Wildman–Crippen LogP) is 4.73. The fraction of sp³-hybridized carbons (Fsp3) is 0.217. The zero-order valence-electron chi connectivity index (χ0n) is 18.6. The minimum absolute atomic E-state index is 0.00888. The largest absolute Gasteiger partial charge is 0.433 e. The van der Waals surface area contributed by atoms with Gasteiger partial charge in [0.1, 0.15) is 11.4 Å². The lowest BCUT2D eigenvalue weighted by atomic mass is 10.0. The minimum Gasteiger partial charge on any atom is -0.329 e. The molecule has 1 aromatic carbocycles. The molecule has 11 heteroatoms. The van der Waals surface area contributed by atoms with E-state index in [1.165, 1.54) is 23.8 Å². The number of sulfone groups is 1. The third kappa shape index (κ3) is 4.63. The van der Waals surface area contributed by atoms with Crippen molar-refractivity contribution in [3.8, 4) is 28.7 Å². The number of hydrogen-bond donors (Lipinski definition) is 0. The number of aromatic nitrogens is 3. The van der Waals surface area contributed by atoms with Gasteiger partial charge in [-0.1, -0.05) is 25.1 Å². The van der Waals surface area contributed by atoms with Crippen LogP contribution < -0.4 is 0 Å². The lowest BCUT2D eigenvalue weighted by molar-refractivity contribution is -0.0912. The van der Waals surface area contributed by atoms with Crippen LogP contribution in [0.25, 0.3) is 28.7 Å². The summed E-state index contributed by atoms with van der Waals surface area (Å²) in [7, 11) is -2.27. The van der Waals surface area contributed by atoms with E-state index in [1.54, 1.807) is 38.2 Å². The second-order valence-corrected chi connectivity index (χ2v) is 9.53. The van der Waals surface area contributed by atoms with Gasteiger partial charge in [-0.05, 0) is 31.9 Å². The Morgan fingerprint density at radius 2 is 2.00 bits per heavy atom. The van der Waals surface area contributed by atoms with Crippen LogP contribution in [0.3, 0.4) is 0 Å². The van der Waals surface area contributed by atoms with Crippen molar-refractivity contribution in [3.63, 3.8) is 0 Å². The van der Waals surface area contributed by atoms with Gasteiger partial charge in [-0.15, -0.1) is 0 Å². The molecule has 3 rings (SSSR count).